The normalized spacial score (nSPS) is 25.7. The van der Waals surface area contributed by atoms with Crippen LogP contribution in [0.3, 0.4) is 0 Å². The molecule has 4 aliphatic rings. The summed E-state index contributed by atoms with van der Waals surface area (Å²) in [5.74, 6) is 0.331. The van der Waals surface area contributed by atoms with Crippen LogP contribution in [0, 0.1) is 11.8 Å². The Morgan fingerprint density at radius 1 is 1.00 bits per heavy atom. The molecule has 0 bridgehead atoms. The number of ether oxygens (including phenoxy) is 1. The molecule has 174 valence electrons. The summed E-state index contributed by atoms with van der Waals surface area (Å²) in [7, 11) is 0. The van der Waals surface area contributed by atoms with Crippen LogP contribution in [0.2, 0.25) is 0 Å². The van der Waals surface area contributed by atoms with Gasteiger partial charge in [-0.25, -0.2) is 4.79 Å². The Morgan fingerprint density at radius 2 is 1.76 bits per heavy atom. The number of anilines is 2. The third-order valence-corrected chi connectivity index (χ3v) is 7.67. The summed E-state index contributed by atoms with van der Waals surface area (Å²) < 4.78 is 7.56. The third-order valence-electron chi connectivity index (χ3n) is 7.67. The minimum Gasteiger partial charge on any atom is -0.465 e. The maximum Gasteiger partial charge on any atom is 0.412 e. The van der Waals surface area contributed by atoms with Crippen molar-refractivity contribution in [3.8, 4) is 11.1 Å². The lowest BCUT2D eigenvalue weighted by Crippen LogP contribution is -2.61. The molecule has 1 aromatic carbocycles. The fraction of sp³-hybridized carbons (Fsp3) is 0.560. The maximum atomic E-state index is 13.4. The first-order chi connectivity index (χ1) is 16.0. The Hall–Kier alpha value is -2.87. The number of nitrogens with zero attached hydrogens (tertiary/aromatic N) is 4. The summed E-state index contributed by atoms with van der Waals surface area (Å²) in [6.45, 7) is 3.27. The number of carboxylic acid groups (broad SMARTS) is 1. The molecule has 3 heterocycles. The van der Waals surface area contributed by atoms with Crippen LogP contribution in [0.4, 0.5) is 16.2 Å². The van der Waals surface area contributed by atoms with E-state index in [1.54, 1.807) is 0 Å². The number of amides is 2. The summed E-state index contributed by atoms with van der Waals surface area (Å²) in [6, 6.07) is 5.80. The summed E-state index contributed by atoms with van der Waals surface area (Å²) in [5, 5.41) is 14.9. The molecule has 2 atom stereocenters. The van der Waals surface area contributed by atoms with Gasteiger partial charge in [0.05, 0.1) is 35.7 Å². The van der Waals surface area contributed by atoms with Crippen LogP contribution in [0.5, 0.6) is 0 Å². The summed E-state index contributed by atoms with van der Waals surface area (Å²) in [6.07, 6.45) is 8.66. The van der Waals surface area contributed by atoms with Crippen LogP contribution in [0.15, 0.2) is 30.6 Å². The highest BCUT2D eigenvalue weighted by atomic mass is 16.5. The van der Waals surface area contributed by atoms with E-state index >= 15 is 0 Å². The van der Waals surface area contributed by atoms with Gasteiger partial charge in [0.15, 0.2) is 0 Å². The van der Waals surface area contributed by atoms with E-state index in [0.29, 0.717) is 30.6 Å². The zero-order chi connectivity index (χ0) is 22.7. The smallest absolute Gasteiger partial charge is 0.412 e. The Balaban J connectivity index is 1.45. The zero-order valence-electron chi connectivity index (χ0n) is 18.9. The molecule has 6 rings (SSSR count). The van der Waals surface area contributed by atoms with Crippen LogP contribution in [0.25, 0.3) is 11.1 Å². The second kappa shape index (κ2) is 7.87. The van der Waals surface area contributed by atoms with Gasteiger partial charge < -0.3 is 14.7 Å². The quantitative estimate of drug-likeness (QED) is 0.750. The third kappa shape index (κ3) is 3.60. The van der Waals surface area contributed by atoms with Crippen molar-refractivity contribution in [2.75, 3.05) is 23.0 Å². The standard InChI is InChI=1S/C25H30N4O4/c1-15-23(16-8-10-33-11-9-16)29(25(31)32)22-12-18(19-13-26-27(14-19)20-5-6-20)4-7-21(22)28(15)24(30)17-2-3-17/h4,7,12-17,20,23H,2-3,5-6,8-11H2,1H3,(H,31,32)/t15-,23?/m0/s1. The fourth-order valence-electron chi connectivity index (χ4n) is 5.61. The van der Waals surface area contributed by atoms with E-state index in [-0.39, 0.29) is 29.8 Å². The molecule has 2 aliphatic heterocycles. The molecule has 2 aromatic rings. The number of benzene rings is 1. The number of hydrogen-bond acceptors (Lipinski definition) is 4. The summed E-state index contributed by atoms with van der Waals surface area (Å²) in [5.41, 5.74) is 3.19. The lowest BCUT2D eigenvalue weighted by Gasteiger charge is -2.49. The molecular weight excluding hydrogens is 420 g/mol. The summed E-state index contributed by atoms with van der Waals surface area (Å²) in [4.78, 5) is 29.5. The van der Waals surface area contributed by atoms with Gasteiger partial charge in [0.1, 0.15) is 0 Å². The minimum atomic E-state index is -0.969. The first kappa shape index (κ1) is 20.7. The van der Waals surface area contributed by atoms with E-state index in [0.717, 1.165) is 49.7 Å². The van der Waals surface area contributed by atoms with Crippen molar-refractivity contribution >= 4 is 23.4 Å². The van der Waals surface area contributed by atoms with Crippen molar-refractivity contribution in [3.63, 3.8) is 0 Å². The zero-order valence-corrected chi connectivity index (χ0v) is 18.9. The molecule has 2 aliphatic carbocycles. The Morgan fingerprint density at radius 3 is 2.42 bits per heavy atom. The molecule has 2 saturated carbocycles. The number of carbonyl (C=O) groups excluding carboxylic acids is 1. The molecule has 1 aromatic heterocycles. The molecule has 1 saturated heterocycles. The average molecular weight is 451 g/mol. The molecule has 1 unspecified atom stereocenters. The number of carbonyl (C=O) groups is 2. The predicted molar refractivity (Wildman–Crippen MR) is 123 cm³/mol. The van der Waals surface area contributed by atoms with Crippen molar-refractivity contribution in [1.29, 1.82) is 0 Å². The molecule has 8 heteroatoms. The Labute approximate surface area is 193 Å². The summed E-state index contributed by atoms with van der Waals surface area (Å²) >= 11 is 0. The van der Waals surface area contributed by atoms with Gasteiger partial charge in [-0.3, -0.25) is 14.4 Å². The number of fused-ring (bicyclic) bond motifs is 1. The van der Waals surface area contributed by atoms with Gasteiger partial charge >= 0.3 is 6.09 Å². The first-order valence-electron chi connectivity index (χ1n) is 12.1. The molecule has 3 fully saturated rings. The van der Waals surface area contributed by atoms with Crippen LogP contribution < -0.4 is 9.80 Å². The second-order valence-electron chi connectivity index (χ2n) is 9.96. The van der Waals surface area contributed by atoms with E-state index < -0.39 is 6.09 Å². The van der Waals surface area contributed by atoms with Crippen molar-refractivity contribution in [1.82, 2.24) is 9.78 Å². The lowest BCUT2D eigenvalue weighted by atomic mass is 9.83. The largest absolute Gasteiger partial charge is 0.465 e. The highest BCUT2D eigenvalue weighted by Crippen LogP contribution is 2.46. The highest BCUT2D eigenvalue weighted by molar-refractivity contribution is 6.05. The fourth-order valence-corrected chi connectivity index (χ4v) is 5.61. The Kier molecular flexibility index (Phi) is 4.94. The van der Waals surface area contributed by atoms with Crippen LogP contribution in [-0.2, 0) is 9.53 Å². The van der Waals surface area contributed by atoms with Gasteiger partial charge in [-0.05, 0) is 69.1 Å². The Bertz CT molecular complexity index is 1080. The van der Waals surface area contributed by atoms with Gasteiger partial charge in [0.25, 0.3) is 0 Å². The predicted octanol–water partition coefficient (Wildman–Crippen LogP) is 4.31. The van der Waals surface area contributed by atoms with E-state index in [2.05, 4.69) is 5.10 Å². The molecule has 33 heavy (non-hydrogen) atoms. The molecule has 1 N–H and O–H groups in total. The van der Waals surface area contributed by atoms with Gasteiger partial charge in [-0.2, -0.15) is 5.10 Å². The van der Waals surface area contributed by atoms with Crippen molar-refractivity contribution in [2.45, 2.75) is 63.6 Å². The monoisotopic (exact) mass is 450 g/mol. The number of aromatic nitrogens is 2. The van der Waals surface area contributed by atoms with Gasteiger partial charge in [0, 0.05) is 30.9 Å². The molecule has 8 nitrogen and oxygen atoms in total. The highest BCUT2D eigenvalue weighted by Gasteiger charge is 2.48. The molecule has 2 amide bonds. The van der Waals surface area contributed by atoms with Crippen molar-refractivity contribution in [3.05, 3.63) is 30.6 Å². The molecule has 0 spiro atoms. The molecular formula is C25H30N4O4. The lowest BCUT2D eigenvalue weighted by molar-refractivity contribution is -0.120. The maximum absolute atomic E-state index is 13.4. The topological polar surface area (TPSA) is 87.9 Å². The van der Waals surface area contributed by atoms with E-state index in [9.17, 15) is 14.7 Å². The molecule has 0 radical (unpaired) electrons. The van der Waals surface area contributed by atoms with E-state index in [4.69, 9.17) is 4.74 Å². The van der Waals surface area contributed by atoms with E-state index in [1.165, 1.54) is 4.90 Å². The van der Waals surface area contributed by atoms with Crippen LogP contribution in [0.1, 0.15) is 51.5 Å². The average Bonchev–Trinajstić information content (AvgIpc) is 3.76. The van der Waals surface area contributed by atoms with Crippen LogP contribution >= 0.6 is 0 Å². The minimum absolute atomic E-state index is 0.0588. The second-order valence-corrected chi connectivity index (χ2v) is 9.96. The van der Waals surface area contributed by atoms with Gasteiger partial charge in [-0.15, -0.1) is 0 Å². The van der Waals surface area contributed by atoms with Gasteiger partial charge in [0.2, 0.25) is 5.91 Å². The van der Waals surface area contributed by atoms with Crippen molar-refractivity contribution < 1.29 is 19.4 Å². The van der Waals surface area contributed by atoms with Gasteiger partial charge in [-0.1, -0.05) is 6.07 Å². The SMILES string of the molecule is C[C@H]1C(C2CCOCC2)N(C(=O)O)c2cc(-c3cnn(C4CC4)c3)ccc2N1C(=O)C1CC1. The number of rotatable bonds is 4. The van der Waals surface area contributed by atoms with Crippen LogP contribution in [-0.4, -0.2) is 52.2 Å². The van der Waals surface area contributed by atoms with Crippen molar-refractivity contribution in [2.24, 2.45) is 11.8 Å². The number of hydrogen-bond donors (Lipinski definition) is 1. The first-order valence-corrected chi connectivity index (χ1v) is 12.1. The van der Waals surface area contributed by atoms with E-state index in [1.807, 2.05) is 47.1 Å².